The Morgan fingerprint density at radius 1 is 0.424 bits per heavy atom. The van der Waals surface area contributed by atoms with Crippen molar-refractivity contribution in [3.8, 4) is 17.1 Å². The quantitative estimate of drug-likeness (QED) is 0.0272. The number of carboxylic acid groups (broad SMARTS) is 1. The van der Waals surface area contributed by atoms with Crippen molar-refractivity contribution in [3.63, 3.8) is 0 Å². The molecule has 36 heteroatoms. The van der Waals surface area contributed by atoms with E-state index >= 15 is 0 Å². The third-order valence-electron chi connectivity index (χ3n) is 17.1. The van der Waals surface area contributed by atoms with Gasteiger partial charge in [-0.25, -0.2) is 14.0 Å². The summed E-state index contributed by atoms with van der Waals surface area (Å²) in [6, 6.07) is 29.4. The van der Waals surface area contributed by atoms with Gasteiger partial charge in [0.2, 0.25) is 5.78 Å². The van der Waals surface area contributed by atoms with Crippen molar-refractivity contribution in [2.24, 2.45) is 43.1 Å². The number of amides is 2. The van der Waals surface area contributed by atoms with Gasteiger partial charge in [-0.1, -0.05) is 96.1 Å². The average molecular weight is 1710 g/mol. The van der Waals surface area contributed by atoms with Crippen LogP contribution in [0.15, 0.2) is 118 Å². The second-order valence-electron chi connectivity index (χ2n) is 34.1. The van der Waals surface area contributed by atoms with E-state index in [1.165, 1.54) is 58.6 Å². The number of aliphatic carboxylic acids is 1. The van der Waals surface area contributed by atoms with Gasteiger partial charge < -0.3 is 45.3 Å². The van der Waals surface area contributed by atoms with Crippen LogP contribution in [0.2, 0.25) is 0 Å². The number of benzene rings is 3. The zero-order chi connectivity index (χ0) is 91.1. The minimum Gasteiger partial charge on any atom is -0.481 e. The number of esters is 4. The molecule has 0 saturated heterocycles. The maximum absolute atomic E-state index is 12.7. The normalized spacial score (nSPS) is 12.1. The Kier molecular flexibility index (Phi) is 40.0. The molecule has 0 aliphatic carbocycles. The van der Waals surface area contributed by atoms with Crippen LogP contribution < -0.4 is 28.1 Å². The summed E-state index contributed by atoms with van der Waals surface area (Å²) in [5.74, 6) is -7.65. The number of carboxylic acids is 1. The van der Waals surface area contributed by atoms with Crippen LogP contribution in [-0.4, -0.2) is 164 Å². The zero-order valence-corrected chi connectivity index (χ0v) is 73.0. The van der Waals surface area contributed by atoms with E-state index in [1.807, 2.05) is 46.8 Å². The molecule has 664 valence electrons. The van der Waals surface area contributed by atoms with Gasteiger partial charge in [-0.15, -0.1) is 12.4 Å². The van der Waals surface area contributed by atoms with Gasteiger partial charge in [0.1, 0.15) is 16.9 Å². The van der Waals surface area contributed by atoms with Gasteiger partial charge in [-0.2, -0.15) is 39.5 Å². The van der Waals surface area contributed by atoms with Gasteiger partial charge in [0.05, 0.1) is 68.1 Å². The van der Waals surface area contributed by atoms with Crippen molar-refractivity contribution in [2.45, 2.75) is 243 Å². The first-order valence-electron chi connectivity index (χ1n) is 37.2. The fourth-order valence-corrected chi connectivity index (χ4v) is 11.3. The molecule has 0 radical (unpaired) electrons. The highest BCUT2D eigenvalue weighted by molar-refractivity contribution is 5.86. The van der Waals surface area contributed by atoms with Crippen molar-refractivity contribution in [2.75, 3.05) is 33.0 Å². The van der Waals surface area contributed by atoms with E-state index in [4.69, 9.17) is 35.5 Å². The molecule has 0 saturated carbocycles. The van der Waals surface area contributed by atoms with Crippen LogP contribution in [0.25, 0.3) is 17.1 Å². The monoisotopic (exact) mass is 1710 g/mol. The van der Waals surface area contributed by atoms with E-state index in [1.54, 1.807) is 186 Å². The number of nitrogen functional groups attached to an aromatic ring is 1. The van der Waals surface area contributed by atoms with Crippen molar-refractivity contribution in [1.29, 1.82) is 0 Å². The molecule has 5 N–H and O–H groups in total. The van der Waals surface area contributed by atoms with E-state index in [0.717, 1.165) is 14.1 Å². The fourth-order valence-electron chi connectivity index (χ4n) is 11.3. The number of anilines is 1. The number of para-hydroxylation sites is 3. The molecule has 3 aromatic carbocycles. The topological polar surface area (TPSA) is 333 Å². The second kappa shape index (κ2) is 43.7. The van der Waals surface area contributed by atoms with Gasteiger partial charge in [-0.3, -0.25) is 66.8 Å². The zero-order valence-electron chi connectivity index (χ0n) is 72.2. The third-order valence-corrected chi connectivity index (χ3v) is 17.1. The summed E-state index contributed by atoms with van der Waals surface area (Å²) in [7, 11) is 7.12. The van der Waals surface area contributed by atoms with E-state index < -0.39 is 98.1 Å². The lowest BCUT2D eigenvalue weighted by Crippen LogP contribution is -2.51. The number of hydrogen-bond acceptors (Lipinski definition) is 17. The first kappa shape index (κ1) is 108. The van der Waals surface area contributed by atoms with Crippen LogP contribution in [0.1, 0.15) is 194 Å². The van der Waals surface area contributed by atoms with E-state index in [2.05, 4.69) is 0 Å². The molecule has 0 aliphatic rings. The predicted molar refractivity (Wildman–Crippen MR) is 433 cm³/mol. The minimum atomic E-state index is -4.97. The molecular weight excluding hydrogens is 1590 g/mol. The van der Waals surface area contributed by atoms with E-state index in [9.17, 15) is 92.3 Å². The number of nitrogens with zero attached hydrogens (tertiary/aromatic N) is 8. The summed E-state index contributed by atoms with van der Waals surface area (Å²) < 4.78 is 143. The second-order valence-corrected chi connectivity index (χ2v) is 34.1. The maximum atomic E-state index is 12.7. The van der Waals surface area contributed by atoms with E-state index in [0.29, 0.717) is 57.2 Å². The molecule has 0 fully saturated rings. The average Bonchev–Trinajstić information content (AvgIpc) is 1.62. The van der Waals surface area contributed by atoms with Gasteiger partial charge in [0.25, 0.3) is 16.7 Å². The number of carbonyl (C=O) groups is 8. The molecule has 26 nitrogen and oxygen atoms in total. The summed E-state index contributed by atoms with van der Waals surface area (Å²) in [6.07, 6.45) is -14.3. The Labute approximate surface area is 689 Å². The molecule has 0 aliphatic heterocycles. The number of rotatable bonds is 25. The molecule has 118 heavy (non-hydrogen) atoms. The number of Topliss-reactive ketones (excluding diaryl/α,β-unsaturated/α-hetero) is 1. The Morgan fingerprint density at radius 3 is 1.05 bits per heavy atom. The molecule has 0 bridgehead atoms. The SMILES string of the molecule is CC(C)(CC(=O)O)CC(=O)OC(C)(C)C.CCOC(=O)CC(C)(C)CC(=O)OC(C)(C)C.CCOC(=O)CC(C)(C)N.CN(C(=O)C(F)(F)F)C(C)(C)Cc1c(N)c(=O)n(-c2ccccc2)n1C.CN(C(=O)C(F)(F)F)C(C)(C)Cc1cc(=O)n(-c2ccccc2)n1C.Cl.Cn1c(CC(C)(C)CC(=O)C(F)(F)F)cc(=O)n1-c1ccccc1. The summed E-state index contributed by atoms with van der Waals surface area (Å²) in [6.45, 7) is 35.1. The summed E-state index contributed by atoms with van der Waals surface area (Å²) in [5.41, 5.74) is 8.06. The smallest absolute Gasteiger partial charge is 0.471 e. The Balaban J connectivity index is 0.00000142. The lowest BCUT2D eigenvalue weighted by Gasteiger charge is -2.36. The highest BCUT2D eigenvalue weighted by Gasteiger charge is 2.48. The lowest BCUT2D eigenvalue weighted by atomic mass is 9.82. The van der Waals surface area contributed by atoms with Crippen LogP contribution in [0, 0.1) is 16.2 Å². The standard InChI is InChI=1S/C17H21F3N4O2.C17H20F3N3O2.C17H19F3N2O2.C13H24O4.C11H20O4.C7H15NO2.ClH/c1-16(2,22(3)15(26)17(18,19)20)10-12-13(21)14(25)24(23(12)4)11-8-6-5-7-9-11;1-16(2,21(3)15(25)17(18,19)20)11-13-10-14(24)23(22(13)4)12-8-6-5-7-9-12;1-16(2,11-14(23)17(18,19)20)10-13-9-15(24)22(21(13)3)12-7-5-4-6-8-12;1-7-16-10(14)8-13(5,6)9-11(15)17-12(2,3)4;1-10(2,3)15-9(14)7-11(4,5)6-8(12)13;1-4-10-6(9)5-7(2,3)8;/h5-9H,10,21H2,1-4H3;5-10H,11H2,1-4H3;4-9H,10-11H2,1-3H3;7-9H2,1-6H3;6-7H2,1-5H3,(H,12,13);4-5,8H2,1-3H3;1H. The molecule has 0 unspecified atom stereocenters. The minimum absolute atomic E-state index is 0. The van der Waals surface area contributed by atoms with Crippen LogP contribution in [0.5, 0.6) is 0 Å². The molecule has 3 heterocycles. The summed E-state index contributed by atoms with van der Waals surface area (Å²) in [4.78, 5) is 128. The Bertz CT molecular complexity index is 4480. The highest BCUT2D eigenvalue weighted by atomic mass is 35.5. The van der Waals surface area contributed by atoms with Gasteiger partial charge in [0.15, 0.2) is 0 Å². The van der Waals surface area contributed by atoms with Gasteiger partial charge >= 0.3 is 60.2 Å². The lowest BCUT2D eigenvalue weighted by molar-refractivity contribution is -0.189. The number of aromatic nitrogens is 6. The molecule has 0 atom stereocenters. The summed E-state index contributed by atoms with van der Waals surface area (Å²) >= 11 is 0. The highest BCUT2D eigenvalue weighted by Crippen LogP contribution is 2.34. The molecule has 6 rings (SSSR count). The Hall–Kier alpha value is -9.93. The first-order valence-corrected chi connectivity index (χ1v) is 37.2. The number of ether oxygens (including phenoxy) is 4. The molecule has 6 aromatic rings. The number of likely N-dealkylation sites (N-methyl/N-ethyl adjacent to an activating group) is 2. The van der Waals surface area contributed by atoms with Crippen molar-refractivity contribution in [3.05, 3.63) is 151 Å². The van der Waals surface area contributed by atoms with Crippen LogP contribution in [0.4, 0.5) is 45.2 Å². The van der Waals surface area contributed by atoms with Crippen LogP contribution in [-0.2, 0) is 97.7 Å². The molecule has 0 spiro atoms. The third kappa shape index (κ3) is 37.3. The van der Waals surface area contributed by atoms with Crippen molar-refractivity contribution < 1.29 is 102 Å². The number of ketones is 1. The number of nitrogens with two attached hydrogens (primary N) is 2. The number of halogens is 10. The largest absolute Gasteiger partial charge is 0.481 e. The fraction of sp³-hybridized carbons (Fsp3) is 0.573. The van der Waals surface area contributed by atoms with Crippen molar-refractivity contribution >= 4 is 65.5 Å². The van der Waals surface area contributed by atoms with Crippen LogP contribution in [0.3, 0.4) is 0 Å². The van der Waals surface area contributed by atoms with Crippen LogP contribution >= 0.6 is 12.4 Å². The Morgan fingerprint density at radius 2 is 0.737 bits per heavy atom. The molecule has 3 aromatic heterocycles. The predicted octanol–water partition coefficient (Wildman–Crippen LogP) is 13.9. The first-order chi connectivity index (χ1) is 52.9. The van der Waals surface area contributed by atoms with Gasteiger partial charge in [0, 0.05) is 94.6 Å². The number of carbonyl (C=O) groups excluding carboxylic acids is 7. The van der Waals surface area contributed by atoms with Gasteiger partial charge in [-0.05, 0) is 156 Å². The number of hydrogen-bond donors (Lipinski definition) is 3. The van der Waals surface area contributed by atoms with Crippen molar-refractivity contribution in [1.82, 2.24) is 37.9 Å². The molecular formula is C82H120ClF9N10O16. The maximum Gasteiger partial charge on any atom is 0.471 e. The number of alkyl halides is 9. The summed E-state index contributed by atoms with van der Waals surface area (Å²) in [5, 5.41) is 8.64. The molecule has 2 amide bonds. The van der Waals surface area contributed by atoms with E-state index in [-0.39, 0.29) is 104 Å².